The van der Waals surface area contributed by atoms with Gasteiger partial charge < -0.3 is 15.0 Å². The third-order valence-corrected chi connectivity index (χ3v) is 5.47. The van der Waals surface area contributed by atoms with Gasteiger partial charge in [-0.15, -0.1) is 0 Å². The number of H-pyrrole nitrogens is 1. The summed E-state index contributed by atoms with van der Waals surface area (Å²) < 4.78 is 18.7. The molecule has 0 radical (unpaired) electrons. The van der Waals surface area contributed by atoms with Crippen molar-refractivity contribution >= 4 is 5.91 Å². The van der Waals surface area contributed by atoms with E-state index in [-0.39, 0.29) is 11.7 Å². The molecule has 1 saturated heterocycles. The second-order valence-electron chi connectivity index (χ2n) is 7.58. The predicted molar refractivity (Wildman–Crippen MR) is 106 cm³/mol. The average Bonchev–Trinajstić information content (AvgIpc) is 3.17. The van der Waals surface area contributed by atoms with Crippen LogP contribution in [-0.4, -0.2) is 61.4 Å². The highest BCUT2D eigenvalue weighted by atomic mass is 19.1. The van der Waals surface area contributed by atoms with Crippen LogP contribution < -0.4 is 5.32 Å². The van der Waals surface area contributed by atoms with Gasteiger partial charge in [-0.3, -0.25) is 9.89 Å². The Balaban J connectivity index is 1.53. The third kappa shape index (κ3) is 4.77. The van der Waals surface area contributed by atoms with E-state index in [9.17, 15) is 9.18 Å². The molecule has 1 aromatic carbocycles. The number of halogens is 1. The Morgan fingerprint density at radius 3 is 2.82 bits per heavy atom. The second kappa shape index (κ2) is 9.30. The first kappa shape index (κ1) is 20.5. The molecule has 0 unspecified atom stereocenters. The molecule has 1 aliphatic heterocycles. The summed E-state index contributed by atoms with van der Waals surface area (Å²) >= 11 is 0. The van der Waals surface area contributed by atoms with E-state index in [1.807, 2.05) is 24.1 Å². The van der Waals surface area contributed by atoms with Crippen molar-refractivity contribution in [3.8, 4) is 11.3 Å². The predicted octanol–water partition coefficient (Wildman–Crippen LogP) is 2.62. The fourth-order valence-electron chi connectivity index (χ4n) is 3.90. The van der Waals surface area contributed by atoms with Crippen molar-refractivity contribution in [2.75, 3.05) is 40.4 Å². The lowest BCUT2D eigenvalue weighted by atomic mass is 9.78. The minimum atomic E-state index is -0.409. The van der Waals surface area contributed by atoms with E-state index < -0.39 is 5.41 Å². The van der Waals surface area contributed by atoms with Crippen LogP contribution in [0.5, 0.6) is 0 Å². The Hall–Kier alpha value is -2.25. The van der Waals surface area contributed by atoms with Gasteiger partial charge in [-0.05, 0) is 57.0 Å². The van der Waals surface area contributed by atoms with Gasteiger partial charge in [-0.25, -0.2) is 4.39 Å². The van der Waals surface area contributed by atoms with Gasteiger partial charge in [0.2, 0.25) is 5.91 Å². The Morgan fingerprint density at radius 1 is 1.32 bits per heavy atom. The number of carbonyl (C=O) groups excluding carboxylic acids is 1. The molecule has 1 aromatic heterocycles. The molecule has 152 valence electrons. The van der Waals surface area contributed by atoms with E-state index in [0.717, 1.165) is 55.7 Å². The Labute approximate surface area is 165 Å². The maximum atomic E-state index is 13.4. The van der Waals surface area contributed by atoms with Crippen molar-refractivity contribution in [2.24, 2.45) is 5.41 Å². The lowest BCUT2D eigenvalue weighted by Crippen LogP contribution is -2.50. The number of aromatic nitrogens is 2. The normalized spacial score (nSPS) is 16.1. The molecule has 1 aliphatic rings. The van der Waals surface area contributed by atoms with Crippen molar-refractivity contribution in [2.45, 2.75) is 25.7 Å². The van der Waals surface area contributed by atoms with Gasteiger partial charge in [0.25, 0.3) is 0 Å². The van der Waals surface area contributed by atoms with Crippen LogP contribution in [-0.2, 0) is 16.0 Å². The van der Waals surface area contributed by atoms with Gasteiger partial charge in [-0.2, -0.15) is 5.10 Å². The van der Waals surface area contributed by atoms with Crippen molar-refractivity contribution in [1.82, 2.24) is 20.4 Å². The van der Waals surface area contributed by atoms with Gasteiger partial charge in [0.05, 0.1) is 17.7 Å². The molecule has 1 amide bonds. The highest BCUT2D eigenvalue weighted by Gasteiger charge is 2.41. The Kier molecular flexibility index (Phi) is 6.80. The molecule has 28 heavy (non-hydrogen) atoms. The standard InChI is InChI=1S/C21H29FN4O2/c1-26(20(27)21(15-28-2)8-10-23-11-9-21)12-4-7-18-14-19(25-24-18)16-5-3-6-17(22)13-16/h3,5-6,13-14,23H,4,7-12,15H2,1-2H3,(H,24,25). The summed E-state index contributed by atoms with van der Waals surface area (Å²) in [7, 11) is 3.53. The number of carbonyl (C=O) groups is 1. The molecule has 0 spiro atoms. The molecule has 6 nitrogen and oxygen atoms in total. The maximum Gasteiger partial charge on any atom is 0.230 e. The number of methoxy groups -OCH3 is 1. The topological polar surface area (TPSA) is 70.2 Å². The van der Waals surface area contributed by atoms with Gasteiger partial charge in [-0.1, -0.05) is 12.1 Å². The lowest BCUT2D eigenvalue weighted by Gasteiger charge is -2.38. The molecule has 7 heteroatoms. The first-order valence-electron chi connectivity index (χ1n) is 9.79. The number of aryl methyl sites for hydroxylation is 1. The Bertz CT molecular complexity index is 781. The van der Waals surface area contributed by atoms with Crippen molar-refractivity contribution in [3.63, 3.8) is 0 Å². The maximum absolute atomic E-state index is 13.4. The van der Waals surface area contributed by atoms with Crippen LogP contribution in [0.4, 0.5) is 4.39 Å². The largest absolute Gasteiger partial charge is 0.384 e. The third-order valence-electron chi connectivity index (χ3n) is 5.47. The molecular formula is C21H29FN4O2. The number of amides is 1. The van der Waals surface area contributed by atoms with E-state index in [1.165, 1.54) is 12.1 Å². The highest BCUT2D eigenvalue weighted by molar-refractivity contribution is 5.82. The molecule has 0 bridgehead atoms. The minimum Gasteiger partial charge on any atom is -0.384 e. The smallest absolute Gasteiger partial charge is 0.230 e. The number of benzene rings is 1. The van der Waals surface area contributed by atoms with Crippen LogP contribution in [0.3, 0.4) is 0 Å². The first-order chi connectivity index (χ1) is 13.5. The van der Waals surface area contributed by atoms with Crippen molar-refractivity contribution in [3.05, 3.63) is 41.8 Å². The van der Waals surface area contributed by atoms with E-state index in [0.29, 0.717) is 13.2 Å². The zero-order chi connectivity index (χ0) is 20.0. The molecule has 2 N–H and O–H groups in total. The summed E-state index contributed by atoms with van der Waals surface area (Å²) in [6.07, 6.45) is 3.22. The molecule has 0 aliphatic carbocycles. The number of aromatic amines is 1. The van der Waals surface area contributed by atoms with Crippen LogP contribution in [0.25, 0.3) is 11.3 Å². The van der Waals surface area contributed by atoms with Gasteiger partial charge in [0, 0.05) is 32.0 Å². The number of hydrogen-bond donors (Lipinski definition) is 2. The van der Waals surface area contributed by atoms with E-state index >= 15 is 0 Å². The van der Waals surface area contributed by atoms with Crippen LogP contribution >= 0.6 is 0 Å². The number of hydrogen-bond acceptors (Lipinski definition) is 4. The summed E-state index contributed by atoms with van der Waals surface area (Å²) in [4.78, 5) is 14.9. The van der Waals surface area contributed by atoms with Crippen LogP contribution in [0.2, 0.25) is 0 Å². The molecule has 0 atom stereocenters. The van der Waals surface area contributed by atoms with E-state index in [1.54, 1.807) is 13.2 Å². The zero-order valence-electron chi connectivity index (χ0n) is 16.6. The minimum absolute atomic E-state index is 0.168. The molecule has 3 rings (SSSR count). The summed E-state index contributed by atoms with van der Waals surface area (Å²) in [6, 6.07) is 8.35. The number of ether oxygens (including phenoxy) is 1. The van der Waals surface area contributed by atoms with Crippen LogP contribution in [0.15, 0.2) is 30.3 Å². The second-order valence-corrected chi connectivity index (χ2v) is 7.58. The monoisotopic (exact) mass is 388 g/mol. The van der Waals surface area contributed by atoms with Gasteiger partial charge >= 0.3 is 0 Å². The number of rotatable bonds is 8. The SMILES string of the molecule is COCC1(C(=O)N(C)CCCc2cc(-c3cccc(F)c3)n[nH]2)CCNCC1. The molecular weight excluding hydrogens is 359 g/mol. The highest BCUT2D eigenvalue weighted by Crippen LogP contribution is 2.31. The van der Waals surface area contributed by atoms with Gasteiger partial charge in [0.1, 0.15) is 5.82 Å². The van der Waals surface area contributed by atoms with Crippen LogP contribution in [0, 0.1) is 11.2 Å². The fourth-order valence-corrected chi connectivity index (χ4v) is 3.90. The molecule has 2 aromatic rings. The van der Waals surface area contributed by atoms with E-state index in [4.69, 9.17) is 4.74 Å². The number of piperidine rings is 1. The van der Waals surface area contributed by atoms with Crippen LogP contribution in [0.1, 0.15) is 25.0 Å². The number of nitrogens with zero attached hydrogens (tertiary/aromatic N) is 2. The van der Waals surface area contributed by atoms with Gasteiger partial charge in [0.15, 0.2) is 0 Å². The molecule has 0 saturated carbocycles. The van der Waals surface area contributed by atoms with E-state index in [2.05, 4.69) is 15.5 Å². The summed E-state index contributed by atoms with van der Waals surface area (Å²) in [5.41, 5.74) is 2.05. The lowest BCUT2D eigenvalue weighted by molar-refractivity contribution is -0.146. The molecule has 1 fully saturated rings. The van der Waals surface area contributed by atoms with Crippen molar-refractivity contribution < 1.29 is 13.9 Å². The fraction of sp³-hybridized carbons (Fsp3) is 0.524. The summed E-state index contributed by atoms with van der Waals surface area (Å²) in [5.74, 6) is -0.106. The number of nitrogens with one attached hydrogen (secondary N) is 2. The average molecular weight is 388 g/mol. The summed E-state index contributed by atoms with van der Waals surface area (Å²) in [5, 5.41) is 10.6. The zero-order valence-corrected chi connectivity index (χ0v) is 16.6. The van der Waals surface area contributed by atoms with Crippen molar-refractivity contribution in [1.29, 1.82) is 0 Å². The Morgan fingerprint density at radius 2 is 2.11 bits per heavy atom. The first-order valence-corrected chi connectivity index (χ1v) is 9.79. The molecule has 2 heterocycles. The summed E-state index contributed by atoms with van der Waals surface area (Å²) in [6.45, 7) is 2.83. The quantitative estimate of drug-likeness (QED) is 0.729.